The molecule has 1 amide bonds. The van der Waals surface area contributed by atoms with Crippen LogP contribution in [0.5, 0.6) is 11.5 Å². The number of ether oxygens (including phenoxy) is 2. The second-order valence-electron chi connectivity index (χ2n) is 8.11. The van der Waals surface area contributed by atoms with Gasteiger partial charge in [0.25, 0.3) is 5.91 Å². The molecule has 2 aromatic carbocycles. The zero-order valence-electron chi connectivity index (χ0n) is 18.1. The molecule has 0 spiro atoms. The number of nitrogens with zero attached hydrogens (tertiary/aromatic N) is 3. The number of piperazine rings is 1. The summed E-state index contributed by atoms with van der Waals surface area (Å²) in [5.41, 5.74) is 1.60. The Hall–Kier alpha value is -3.10. The van der Waals surface area contributed by atoms with E-state index >= 15 is 0 Å². The summed E-state index contributed by atoms with van der Waals surface area (Å²) in [7, 11) is 0. The fraction of sp³-hybridized carbons (Fsp3) is 0.333. The lowest BCUT2D eigenvalue weighted by atomic mass is 10.0. The largest absolute Gasteiger partial charge is 0.486 e. The number of amides is 1. The van der Waals surface area contributed by atoms with E-state index in [0.29, 0.717) is 45.2 Å². The van der Waals surface area contributed by atoms with E-state index in [-0.39, 0.29) is 27.8 Å². The van der Waals surface area contributed by atoms with Crippen molar-refractivity contribution in [3.8, 4) is 22.8 Å². The number of carbonyl (C=O) groups is 1. The van der Waals surface area contributed by atoms with Crippen LogP contribution in [0.25, 0.3) is 11.3 Å². The maximum atomic E-state index is 14.5. The Morgan fingerprint density at radius 3 is 2.61 bits per heavy atom. The van der Waals surface area contributed by atoms with Crippen molar-refractivity contribution in [1.29, 1.82) is 0 Å². The van der Waals surface area contributed by atoms with Crippen LogP contribution in [-0.2, 0) is 6.54 Å². The maximum Gasteiger partial charge on any atom is 0.259 e. The normalized spacial score (nSPS) is 16.2. The number of aryl methyl sites for hydroxylation is 1. The summed E-state index contributed by atoms with van der Waals surface area (Å²) < 4.78 is 31.0. The number of hydrogen-bond acceptors (Lipinski definition) is 6. The first-order valence-corrected chi connectivity index (χ1v) is 11.2. The summed E-state index contributed by atoms with van der Waals surface area (Å²) >= 11 is 6.21. The average molecular weight is 472 g/mol. The second-order valence-corrected chi connectivity index (χ2v) is 8.51. The Labute approximate surface area is 195 Å². The fourth-order valence-corrected chi connectivity index (χ4v) is 4.48. The Morgan fingerprint density at radius 1 is 1.09 bits per heavy atom. The Bertz CT molecular complexity index is 1170. The van der Waals surface area contributed by atoms with Gasteiger partial charge in [-0.05, 0) is 36.8 Å². The molecule has 1 fully saturated rings. The summed E-state index contributed by atoms with van der Waals surface area (Å²) in [4.78, 5) is 17.4. The molecular weight excluding hydrogens is 449 g/mol. The van der Waals surface area contributed by atoms with Crippen LogP contribution in [0.3, 0.4) is 0 Å². The van der Waals surface area contributed by atoms with Crippen LogP contribution in [0.4, 0.5) is 4.39 Å². The maximum absolute atomic E-state index is 14.5. The molecular formula is C24H23ClFN3O4. The molecule has 0 unspecified atom stereocenters. The molecule has 0 bridgehead atoms. The van der Waals surface area contributed by atoms with Crippen LogP contribution < -0.4 is 9.47 Å². The minimum atomic E-state index is -0.547. The molecule has 7 nitrogen and oxygen atoms in total. The predicted octanol–water partition coefficient (Wildman–Crippen LogP) is 4.17. The molecule has 0 N–H and O–H groups in total. The third kappa shape index (κ3) is 4.28. The first-order chi connectivity index (χ1) is 16.0. The topological polar surface area (TPSA) is 68.0 Å². The van der Waals surface area contributed by atoms with Crippen molar-refractivity contribution >= 4 is 17.5 Å². The lowest BCUT2D eigenvalue weighted by Gasteiger charge is -2.35. The molecule has 3 aromatic rings. The molecule has 9 heteroatoms. The average Bonchev–Trinajstić information content (AvgIpc) is 3.20. The summed E-state index contributed by atoms with van der Waals surface area (Å²) in [6.07, 6.45) is 0. The van der Waals surface area contributed by atoms with E-state index in [9.17, 15) is 9.18 Å². The van der Waals surface area contributed by atoms with Gasteiger partial charge in [0, 0.05) is 32.7 Å². The lowest BCUT2D eigenvalue weighted by molar-refractivity contribution is 0.0627. The molecule has 2 aliphatic rings. The highest BCUT2D eigenvalue weighted by Crippen LogP contribution is 2.34. The van der Waals surface area contributed by atoms with Crippen molar-refractivity contribution in [2.75, 3.05) is 39.4 Å². The van der Waals surface area contributed by atoms with Gasteiger partial charge in [0.15, 0.2) is 11.5 Å². The number of hydrogen-bond donors (Lipinski definition) is 0. The van der Waals surface area contributed by atoms with E-state index < -0.39 is 5.82 Å². The van der Waals surface area contributed by atoms with Crippen molar-refractivity contribution in [3.05, 3.63) is 64.1 Å². The minimum absolute atomic E-state index is 0.0802. The van der Waals surface area contributed by atoms with Crippen molar-refractivity contribution in [1.82, 2.24) is 15.0 Å². The van der Waals surface area contributed by atoms with Crippen LogP contribution in [0.1, 0.15) is 21.7 Å². The smallest absolute Gasteiger partial charge is 0.259 e. The number of carbonyl (C=O) groups excluding carboxylic acids is 1. The minimum Gasteiger partial charge on any atom is -0.486 e. The van der Waals surface area contributed by atoms with Crippen LogP contribution in [0.2, 0.25) is 5.02 Å². The van der Waals surface area contributed by atoms with Crippen molar-refractivity contribution in [3.63, 3.8) is 0 Å². The molecule has 2 aliphatic heterocycles. The third-order valence-electron chi connectivity index (χ3n) is 5.95. The number of halogens is 2. The molecule has 0 saturated carbocycles. The predicted molar refractivity (Wildman–Crippen MR) is 120 cm³/mol. The van der Waals surface area contributed by atoms with Crippen molar-refractivity contribution in [2.24, 2.45) is 0 Å². The second kappa shape index (κ2) is 9.03. The van der Waals surface area contributed by atoms with Gasteiger partial charge in [-0.25, -0.2) is 4.39 Å². The van der Waals surface area contributed by atoms with Crippen LogP contribution in [0, 0.1) is 12.7 Å². The van der Waals surface area contributed by atoms with Crippen molar-refractivity contribution < 1.29 is 23.2 Å². The number of fused-ring (bicyclic) bond motifs is 1. The van der Waals surface area contributed by atoms with E-state index in [4.69, 9.17) is 25.6 Å². The van der Waals surface area contributed by atoms with Gasteiger partial charge in [-0.1, -0.05) is 28.9 Å². The standard InChI is InChI=1S/C24H23ClFN3O4/c1-15-21(23(27-33-15)22-17(25)3-2-4-18(22)26)24(30)29-9-7-28(8-10-29)14-16-5-6-19-20(13-16)32-12-11-31-19/h2-6,13H,7-12,14H2,1H3. The number of aromatic nitrogens is 1. The van der Waals surface area contributed by atoms with Crippen molar-refractivity contribution in [2.45, 2.75) is 13.5 Å². The molecule has 5 rings (SSSR count). The zero-order valence-corrected chi connectivity index (χ0v) is 18.9. The number of rotatable bonds is 4. The summed E-state index contributed by atoms with van der Waals surface area (Å²) in [6, 6.07) is 10.3. The van der Waals surface area contributed by atoms with Crippen LogP contribution in [0.15, 0.2) is 40.9 Å². The Balaban J connectivity index is 1.28. The van der Waals surface area contributed by atoms with Crippen LogP contribution in [-0.4, -0.2) is 60.3 Å². The van der Waals surface area contributed by atoms with Gasteiger partial charge in [-0.3, -0.25) is 9.69 Å². The van der Waals surface area contributed by atoms with Gasteiger partial charge in [0.05, 0.1) is 10.6 Å². The summed E-state index contributed by atoms with van der Waals surface area (Å²) in [6.45, 7) is 6.02. The van der Waals surface area contributed by atoms with Gasteiger partial charge < -0.3 is 18.9 Å². The van der Waals surface area contributed by atoms with Crippen LogP contribution >= 0.6 is 11.6 Å². The molecule has 172 valence electrons. The van der Waals surface area contributed by atoms with E-state index in [0.717, 1.165) is 23.6 Å². The highest BCUT2D eigenvalue weighted by Gasteiger charge is 2.30. The first-order valence-electron chi connectivity index (χ1n) is 10.8. The number of benzene rings is 2. The van der Waals surface area contributed by atoms with Gasteiger partial charge in [0.2, 0.25) is 0 Å². The first kappa shape index (κ1) is 21.7. The highest BCUT2D eigenvalue weighted by atomic mass is 35.5. The molecule has 33 heavy (non-hydrogen) atoms. The molecule has 3 heterocycles. The molecule has 1 saturated heterocycles. The van der Waals surface area contributed by atoms with E-state index in [1.807, 2.05) is 18.2 Å². The Morgan fingerprint density at radius 2 is 1.85 bits per heavy atom. The molecule has 1 aromatic heterocycles. The van der Waals surface area contributed by atoms with Gasteiger partial charge in [-0.2, -0.15) is 0 Å². The summed E-state index contributed by atoms with van der Waals surface area (Å²) in [5, 5.41) is 4.13. The van der Waals surface area contributed by atoms with E-state index in [1.54, 1.807) is 17.9 Å². The van der Waals surface area contributed by atoms with Gasteiger partial charge in [-0.15, -0.1) is 0 Å². The van der Waals surface area contributed by atoms with E-state index in [1.165, 1.54) is 12.1 Å². The third-order valence-corrected chi connectivity index (χ3v) is 6.26. The lowest BCUT2D eigenvalue weighted by Crippen LogP contribution is -2.48. The molecule has 0 aliphatic carbocycles. The molecule has 0 atom stereocenters. The monoisotopic (exact) mass is 471 g/mol. The fourth-order valence-electron chi connectivity index (χ4n) is 4.23. The van der Waals surface area contributed by atoms with Gasteiger partial charge >= 0.3 is 0 Å². The van der Waals surface area contributed by atoms with E-state index in [2.05, 4.69) is 10.1 Å². The highest BCUT2D eigenvalue weighted by molar-refractivity contribution is 6.33. The quantitative estimate of drug-likeness (QED) is 0.569. The molecule has 0 radical (unpaired) electrons. The SMILES string of the molecule is Cc1onc(-c2c(F)cccc2Cl)c1C(=O)N1CCN(Cc2ccc3c(c2)OCCO3)CC1. The summed E-state index contributed by atoms with van der Waals surface area (Å²) in [5.74, 6) is 1.11. The van der Waals surface area contributed by atoms with Gasteiger partial charge in [0.1, 0.15) is 36.0 Å². The Kier molecular flexibility index (Phi) is 5.95. The zero-order chi connectivity index (χ0) is 22.9.